The van der Waals surface area contributed by atoms with Crippen LogP contribution < -0.4 is 21.7 Å². The van der Waals surface area contributed by atoms with E-state index < -0.39 is 12.1 Å². The van der Waals surface area contributed by atoms with Crippen molar-refractivity contribution in [1.82, 2.24) is 45.3 Å². The van der Waals surface area contributed by atoms with E-state index in [1.165, 1.54) is 58.9 Å². The average molecular weight is 1030 g/mol. The van der Waals surface area contributed by atoms with Crippen molar-refractivity contribution in [1.29, 1.82) is 0 Å². The van der Waals surface area contributed by atoms with Crippen LogP contribution in [0.2, 0.25) is 0 Å². The SMILES string of the molecule is COCC1=C(CNC2CCC(=O)NC2=O)C=C(c2cc(CN3CCC(C)=C(/C=C\C(C)C(C)C(NCc4cc(-c5cc(CN6CCC7(CC6)CC7)c6cc[nH]c6n5)ccc4COC)C(N)=O)C3)c3ccn(C)c3n2)CC1. The third kappa shape index (κ3) is 12.0. The summed E-state index contributed by atoms with van der Waals surface area (Å²) in [4.78, 5) is 56.5. The van der Waals surface area contributed by atoms with Crippen molar-refractivity contribution in [2.24, 2.45) is 30.0 Å². The zero-order valence-electron chi connectivity index (χ0n) is 45.5. The number of fused-ring (bicyclic) bond motifs is 2. The highest BCUT2D eigenvalue weighted by Crippen LogP contribution is 2.53. The topological polar surface area (TPSA) is 185 Å². The quantitative estimate of drug-likeness (QED) is 0.0447. The van der Waals surface area contributed by atoms with E-state index in [2.05, 4.69) is 123 Å². The number of piperidine rings is 2. The smallest absolute Gasteiger partial charge is 0.243 e. The monoisotopic (exact) mass is 1030 g/mol. The number of ether oxygens (including phenoxy) is 2. The molecule has 10 rings (SSSR count). The Morgan fingerprint density at radius 3 is 2.41 bits per heavy atom. The van der Waals surface area contributed by atoms with Gasteiger partial charge in [-0.2, -0.15) is 0 Å². The Labute approximate surface area is 447 Å². The third-order valence-corrected chi connectivity index (χ3v) is 17.4. The summed E-state index contributed by atoms with van der Waals surface area (Å²) in [6.07, 6.45) is 19.7. The predicted molar refractivity (Wildman–Crippen MR) is 299 cm³/mol. The minimum atomic E-state index is -0.566. The lowest BCUT2D eigenvalue weighted by atomic mass is 9.87. The van der Waals surface area contributed by atoms with Crippen molar-refractivity contribution in [2.45, 2.75) is 117 Å². The van der Waals surface area contributed by atoms with Gasteiger partial charge in [0.25, 0.3) is 0 Å². The number of hydrogen-bond donors (Lipinski definition) is 5. The molecule has 6 N–H and O–H groups in total. The van der Waals surface area contributed by atoms with E-state index in [9.17, 15) is 14.4 Å². The first-order valence-electron chi connectivity index (χ1n) is 27.6. The number of nitrogens with two attached hydrogens (primary N) is 1. The van der Waals surface area contributed by atoms with Crippen molar-refractivity contribution < 1.29 is 23.9 Å². The van der Waals surface area contributed by atoms with E-state index in [0.717, 1.165) is 114 Å². The molecule has 4 atom stereocenters. The zero-order chi connectivity index (χ0) is 53.1. The number of H-pyrrole nitrogens is 1. The fourth-order valence-corrected chi connectivity index (χ4v) is 12.0. The molecular formula is C61H78N10O5. The van der Waals surface area contributed by atoms with Gasteiger partial charge in [-0.1, -0.05) is 49.8 Å². The third-order valence-electron chi connectivity index (χ3n) is 17.4. The van der Waals surface area contributed by atoms with Gasteiger partial charge in [-0.3, -0.25) is 29.5 Å². The maximum Gasteiger partial charge on any atom is 0.243 e. The molecule has 15 nitrogen and oxygen atoms in total. The van der Waals surface area contributed by atoms with Gasteiger partial charge in [0, 0.05) is 95.7 Å². The molecule has 1 saturated carbocycles. The van der Waals surface area contributed by atoms with E-state index in [-0.39, 0.29) is 29.6 Å². The van der Waals surface area contributed by atoms with Crippen LogP contribution in [0.4, 0.5) is 0 Å². The van der Waals surface area contributed by atoms with Gasteiger partial charge in [-0.05, 0) is 164 Å². The number of amides is 3. The van der Waals surface area contributed by atoms with E-state index in [1.807, 2.05) is 13.2 Å². The Balaban J connectivity index is 0.807. The first-order chi connectivity index (χ1) is 36.8. The summed E-state index contributed by atoms with van der Waals surface area (Å²) < 4.78 is 13.4. The van der Waals surface area contributed by atoms with Crippen LogP contribution in [0.15, 0.2) is 95.4 Å². The molecule has 3 aliphatic heterocycles. The molecular weight excluding hydrogens is 953 g/mol. The molecule has 3 amide bonds. The van der Waals surface area contributed by atoms with Crippen LogP contribution >= 0.6 is 0 Å². The first-order valence-corrected chi connectivity index (χ1v) is 27.6. The molecule has 7 heterocycles. The summed E-state index contributed by atoms with van der Waals surface area (Å²) in [5.41, 5.74) is 22.4. The highest BCUT2D eigenvalue weighted by molar-refractivity contribution is 6.00. The number of imide groups is 1. The summed E-state index contributed by atoms with van der Waals surface area (Å²) in [6, 6.07) is 14.3. The summed E-state index contributed by atoms with van der Waals surface area (Å²) in [5.74, 6) is -0.897. The lowest BCUT2D eigenvalue weighted by Crippen LogP contribution is -2.51. The number of carbonyl (C=O) groups is 3. The number of methoxy groups -OCH3 is 2. The molecule has 0 radical (unpaired) electrons. The molecule has 0 bridgehead atoms. The lowest BCUT2D eigenvalue weighted by Gasteiger charge is -2.32. The molecule has 5 aromatic rings. The fourth-order valence-electron chi connectivity index (χ4n) is 12.0. The molecule has 402 valence electrons. The summed E-state index contributed by atoms with van der Waals surface area (Å²) in [5, 5.41) is 11.8. The van der Waals surface area contributed by atoms with E-state index >= 15 is 0 Å². The number of allylic oxidation sites excluding steroid dienone is 2. The first kappa shape index (κ1) is 53.3. The van der Waals surface area contributed by atoms with Gasteiger partial charge in [-0.25, -0.2) is 9.97 Å². The van der Waals surface area contributed by atoms with E-state index in [1.54, 1.807) is 14.2 Å². The number of nitrogens with zero attached hydrogens (tertiary/aromatic N) is 5. The van der Waals surface area contributed by atoms with Crippen LogP contribution in [0.3, 0.4) is 0 Å². The molecule has 15 heteroatoms. The number of carbonyl (C=O) groups excluding carboxylic acids is 3. The maximum absolute atomic E-state index is 13.3. The number of likely N-dealkylation sites (tertiary alicyclic amines) is 1. The number of nitrogens with one attached hydrogen (secondary N) is 4. The van der Waals surface area contributed by atoms with Crippen LogP contribution in [-0.2, 0) is 57.1 Å². The highest BCUT2D eigenvalue weighted by atomic mass is 16.5. The van der Waals surface area contributed by atoms with E-state index in [0.29, 0.717) is 44.6 Å². The van der Waals surface area contributed by atoms with Crippen LogP contribution in [-0.4, -0.2) is 113 Å². The average Bonchev–Trinajstić information content (AvgIpc) is 3.79. The van der Waals surface area contributed by atoms with Crippen LogP contribution in [0, 0.1) is 17.3 Å². The maximum atomic E-state index is 13.3. The summed E-state index contributed by atoms with van der Waals surface area (Å²) >= 11 is 0. The van der Waals surface area contributed by atoms with Gasteiger partial charge in [0.1, 0.15) is 11.3 Å². The zero-order valence-corrected chi connectivity index (χ0v) is 45.5. The normalized spacial score (nSPS) is 20.8. The summed E-state index contributed by atoms with van der Waals surface area (Å²) in [7, 11) is 5.47. The second-order valence-corrected chi connectivity index (χ2v) is 22.7. The molecule has 3 fully saturated rings. The molecule has 5 aliphatic rings. The van der Waals surface area contributed by atoms with E-state index in [4.69, 9.17) is 25.2 Å². The molecule has 4 aromatic heterocycles. The predicted octanol–water partition coefficient (Wildman–Crippen LogP) is 8.15. The Morgan fingerprint density at radius 2 is 1.64 bits per heavy atom. The Kier molecular flexibility index (Phi) is 16.3. The van der Waals surface area contributed by atoms with Gasteiger partial charge in [-0.15, -0.1) is 0 Å². The summed E-state index contributed by atoms with van der Waals surface area (Å²) in [6.45, 7) is 14.2. The van der Waals surface area contributed by atoms with Gasteiger partial charge < -0.3 is 35.4 Å². The number of rotatable bonds is 21. The molecule has 2 saturated heterocycles. The van der Waals surface area contributed by atoms with Crippen molar-refractivity contribution in [3.8, 4) is 11.3 Å². The number of aromatic nitrogens is 4. The molecule has 76 heavy (non-hydrogen) atoms. The number of primary amides is 1. The lowest BCUT2D eigenvalue weighted by molar-refractivity contribution is -0.134. The van der Waals surface area contributed by atoms with Crippen molar-refractivity contribution in [2.75, 3.05) is 53.6 Å². The van der Waals surface area contributed by atoms with Crippen molar-refractivity contribution >= 4 is 45.4 Å². The van der Waals surface area contributed by atoms with Crippen LogP contribution in [0.1, 0.15) is 107 Å². The Bertz CT molecular complexity index is 3110. The number of pyridine rings is 2. The fraction of sp³-hybridized carbons (Fsp3) is 0.492. The van der Waals surface area contributed by atoms with Gasteiger partial charge in [0.05, 0.1) is 36.7 Å². The second kappa shape index (κ2) is 23.3. The van der Waals surface area contributed by atoms with Gasteiger partial charge in [0.15, 0.2) is 0 Å². The minimum Gasteiger partial charge on any atom is -0.380 e. The van der Waals surface area contributed by atoms with Crippen LogP contribution in [0.5, 0.6) is 0 Å². The van der Waals surface area contributed by atoms with Crippen molar-refractivity contribution in [3.63, 3.8) is 0 Å². The Morgan fingerprint density at radius 1 is 0.868 bits per heavy atom. The molecule has 4 unspecified atom stereocenters. The minimum absolute atomic E-state index is 0.0494. The molecule has 2 aliphatic carbocycles. The molecule has 1 aromatic carbocycles. The van der Waals surface area contributed by atoms with Gasteiger partial charge >= 0.3 is 0 Å². The largest absolute Gasteiger partial charge is 0.380 e. The number of benzene rings is 1. The molecule has 1 spiro atoms. The number of aromatic amines is 1. The number of hydrogen-bond acceptors (Lipinski definition) is 11. The van der Waals surface area contributed by atoms with Crippen molar-refractivity contribution in [3.05, 3.63) is 123 Å². The number of aryl methyl sites for hydroxylation is 1. The highest BCUT2D eigenvalue weighted by Gasteiger charge is 2.44. The van der Waals surface area contributed by atoms with Crippen LogP contribution in [0.25, 0.3) is 38.9 Å². The van der Waals surface area contributed by atoms with Gasteiger partial charge in [0.2, 0.25) is 17.7 Å². The second-order valence-electron chi connectivity index (χ2n) is 22.7. The standard InChI is InChI=1S/C61H78N10O5/c1-38(40(3)56(57(62)73)65-32-47-27-41(9-11-45(47)37-76-6)53-29-48(50-15-22-63-58(50)66-53)34-70-25-20-61(18-19-61)21-26-70)7-8-43-33-71(24-16-39(43)2)35-49-30-54(67-59-51(49)17-23-69(59)4)42-10-12-44(36-75-5)46(28-42)31-64-52-13-14-55(72)68-60(52)74/h7-9,11,15,17,22-23,27-30,38,40,52,56,64-65H,10,12-14,16,18-21,24-26,31-37H2,1-6H3,(H2,62,73)(H,63,66)(H,68,72,74)/b8-7-. The Hall–Kier alpha value is -6.07.